The molecule has 2 N–H and O–H groups in total. The highest BCUT2D eigenvalue weighted by molar-refractivity contribution is 14.1. The van der Waals surface area contributed by atoms with Crippen LogP contribution in [-0.2, 0) is 11.3 Å². The van der Waals surface area contributed by atoms with Crippen molar-refractivity contribution in [1.29, 1.82) is 0 Å². The maximum atomic E-state index is 12.0. The normalized spacial score (nSPS) is 10.1. The van der Waals surface area contributed by atoms with E-state index in [1.807, 2.05) is 54.6 Å². The first-order valence-electron chi connectivity index (χ1n) is 7.63. The van der Waals surface area contributed by atoms with Crippen molar-refractivity contribution in [2.24, 2.45) is 0 Å². The Labute approximate surface area is 155 Å². The van der Waals surface area contributed by atoms with E-state index < -0.39 is 0 Å². The van der Waals surface area contributed by atoms with E-state index in [0.29, 0.717) is 13.1 Å². The zero-order valence-electron chi connectivity index (χ0n) is 13.5. The summed E-state index contributed by atoms with van der Waals surface area (Å²) in [5, 5.41) is 5.57. The van der Waals surface area contributed by atoms with Gasteiger partial charge in [0.05, 0.1) is 0 Å². The summed E-state index contributed by atoms with van der Waals surface area (Å²) < 4.78 is 1.06. The number of nitrogens with zero attached hydrogens (tertiary/aromatic N) is 1. The summed E-state index contributed by atoms with van der Waals surface area (Å²) >= 11 is 2.19. The summed E-state index contributed by atoms with van der Waals surface area (Å²) in [4.78, 5) is 25.5. The van der Waals surface area contributed by atoms with Gasteiger partial charge in [-0.1, -0.05) is 36.4 Å². The molecule has 0 aliphatic rings. The molecule has 24 heavy (non-hydrogen) atoms. The number of hydrogen-bond acceptors (Lipinski definition) is 2. The molecule has 0 unspecified atom stereocenters. The first-order chi connectivity index (χ1) is 11.5. The summed E-state index contributed by atoms with van der Waals surface area (Å²) in [7, 11) is 1.73. The average molecular weight is 437 g/mol. The van der Waals surface area contributed by atoms with Crippen molar-refractivity contribution in [1.82, 2.24) is 10.2 Å². The van der Waals surface area contributed by atoms with E-state index in [9.17, 15) is 9.59 Å². The number of carbonyl (C=O) groups is 2. The molecule has 2 rings (SSSR count). The highest BCUT2D eigenvalue weighted by Gasteiger charge is 2.09. The predicted octanol–water partition coefficient (Wildman–Crippen LogP) is 3.46. The maximum absolute atomic E-state index is 12.0. The van der Waals surface area contributed by atoms with Crippen LogP contribution in [0.3, 0.4) is 0 Å². The van der Waals surface area contributed by atoms with Gasteiger partial charge in [-0.3, -0.25) is 4.79 Å². The van der Waals surface area contributed by atoms with Crippen LogP contribution in [0.4, 0.5) is 10.5 Å². The number of amides is 3. The Morgan fingerprint density at radius 1 is 1.08 bits per heavy atom. The summed E-state index contributed by atoms with van der Waals surface area (Å²) in [6.07, 6.45) is 0.233. The molecule has 0 atom stereocenters. The minimum absolute atomic E-state index is 0.122. The topological polar surface area (TPSA) is 61.4 Å². The van der Waals surface area contributed by atoms with Crippen LogP contribution in [0.25, 0.3) is 0 Å². The molecule has 0 bridgehead atoms. The largest absolute Gasteiger partial charge is 0.337 e. The predicted molar refractivity (Wildman–Crippen MR) is 104 cm³/mol. The van der Waals surface area contributed by atoms with Crippen LogP contribution < -0.4 is 10.6 Å². The van der Waals surface area contributed by atoms with Gasteiger partial charge in [-0.25, -0.2) is 4.79 Å². The molecule has 3 amide bonds. The molecule has 2 aromatic carbocycles. The Morgan fingerprint density at radius 2 is 1.83 bits per heavy atom. The zero-order chi connectivity index (χ0) is 17.4. The first kappa shape index (κ1) is 18.3. The third-order valence-electron chi connectivity index (χ3n) is 3.35. The van der Waals surface area contributed by atoms with E-state index in [-0.39, 0.29) is 18.4 Å². The van der Waals surface area contributed by atoms with E-state index >= 15 is 0 Å². The van der Waals surface area contributed by atoms with E-state index in [0.717, 1.165) is 14.8 Å². The van der Waals surface area contributed by atoms with Crippen LogP contribution in [0.1, 0.15) is 12.0 Å². The SMILES string of the molecule is CN(Cc1ccccc1)C(=O)NCCC(=O)Nc1cccc(I)c1. The van der Waals surface area contributed by atoms with Gasteiger partial charge in [-0.05, 0) is 46.4 Å². The van der Waals surface area contributed by atoms with Gasteiger partial charge in [0.15, 0.2) is 0 Å². The molecule has 6 heteroatoms. The minimum atomic E-state index is -0.194. The highest BCUT2D eigenvalue weighted by Crippen LogP contribution is 2.12. The van der Waals surface area contributed by atoms with E-state index in [4.69, 9.17) is 0 Å². The molecule has 0 aliphatic heterocycles. The minimum Gasteiger partial charge on any atom is -0.337 e. The summed E-state index contributed by atoms with van der Waals surface area (Å²) in [6, 6.07) is 17.1. The number of urea groups is 1. The second kappa shape index (κ2) is 9.27. The Hall–Kier alpha value is -2.09. The van der Waals surface area contributed by atoms with Crippen molar-refractivity contribution in [3.8, 4) is 0 Å². The number of anilines is 1. The molecular weight excluding hydrogens is 417 g/mol. The first-order valence-corrected chi connectivity index (χ1v) is 8.71. The monoisotopic (exact) mass is 437 g/mol. The van der Waals surface area contributed by atoms with Crippen molar-refractivity contribution in [3.63, 3.8) is 0 Å². The number of carbonyl (C=O) groups excluding carboxylic acids is 2. The van der Waals surface area contributed by atoms with Crippen molar-refractivity contribution in [2.45, 2.75) is 13.0 Å². The molecule has 0 spiro atoms. The van der Waals surface area contributed by atoms with E-state index in [1.165, 1.54) is 0 Å². The number of nitrogens with one attached hydrogen (secondary N) is 2. The van der Waals surface area contributed by atoms with Crippen LogP contribution >= 0.6 is 22.6 Å². The number of benzene rings is 2. The second-order valence-corrected chi connectivity index (χ2v) is 6.63. The number of hydrogen-bond donors (Lipinski definition) is 2. The van der Waals surface area contributed by atoms with Gasteiger partial charge in [-0.2, -0.15) is 0 Å². The highest BCUT2D eigenvalue weighted by atomic mass is 127. The van der Waals surface area contributed by atoms with Crippen molar-refractivity contribution in [3.05, 3.63) is 63.7 Å². The molecule has 0 heterocycles. The molecule has 126 valence electrons. The molecule has 0 saturated heterocycles. The Kier molecular flexibility index (Phi) is 7.05. The molecule has 0 aromatic heterocycles. The van der Waals surface area contributed by atoms with Gasteiger partial charge in [0.1, 0.15) is 0 Å². The molecule has 2 aromatic rings. The fourth-order valence-corrected chi connectivity index (χ4v) is 2.68. The lowest BCUT2D eigenvalue weighted by atomic mass is 10.2. The molecule has 5 nitrogen and oxygen atoms in total. The van der Waals surface area contributed by atoms with E-state index in [1.54, 1.807) is 11.9 Å². The van der Waals surface area contributed by atoms with Crippen LogP contribution in [0.15, 0.2) is 54.6 Å². The maximum Gasteiger partial charge on any atom is 0.317 e. The third-order valence-corrected chi connectivity index (χ3v) is 4.02. The smallest absolute Gasteiger partial charge is 0.317 e. The van der Waals surface area contributed by atoms with Crippen molar-refractivity contribution in [2.75, 3.05) is 18.9 Å². The van der Waals surface area contributed by atoms with Crippen molar-refractivity contribution < 1.29 is 9.59 Å². The lowest BCUT2D eigenvalue weighted by Crippen LogP contribution is -2.38. The molecule has 0 radical (unpaired) electrons. The number of rotatable bonds is 6. The van der Waals surface area contributed by atoms with Crippen LogP contribution in [0.2, 0.25) is 0 Å². The molecule has 0 aliphatic carbocycles. The third kappa shape index (κ3) is 6.19. The Balaban J connectivity index is 1.71. The second-order valence-electron chi connectivity index (χ2n) is 5.38. The van der Waals surface area contributed by atoms with Gasteiger partial charge in [0.25, 0.3) is 0 Å². The Morgan fingerprint density at radius 3 is 2.54 bits per heavy atom. The lowest BCUT2D eigenvalue weighted by molar-refractivity contribution is -0.116. The van der Waals surface area contributed by atoms with Gasteiger partial charge in [0.2, 0.25) is 5.91 Å². The van der Waals surface area contributed by atoms with Crippen LogP contribution in [-0.4, -0.2) is 30.4 Å². The molecule has 0 saturated carbocycles. The van der Waals surface area contributed by atoms with Crippen LogP contribution in [0, 0.1) is 3.57 Å². The standard InChI is InChI=1S/C18H20IN3O2/c1-22(13-14-6-3-2-4-7-14)18(24)20-11-10-17(23)21-16-9-5-8-15(19)12-16/h2-9,12H,10-11,13H2,1H3,(H,20,24)(H,21,23). The van der Waals surface area contributed by atoms with Crippen molar-refractivity contribution >= 4 is 40.2 Å². The number of halogens is 1. The lowest BCUT2D eigenvalue weighted by Gasteiger charge is -2.18. The Bertz CT molecular complexity index is 692. The average Bonchev–Trinajstić information content (AvgIpc) is 2.55. The van der Waals surface area contributed by atoms with Gasteiger partial charge in [0, 0.05) is 35.8 Å². The molecule has 0 fully saturated rings. The quantitative estimate of drug-likeness (QED) is 0.681. The van der Waals surface area contributed by atoms with E-state index in [2.05, 4.69) is 33.2 Å². The fourth-order valence-electron chi connectivity index (χ4n) is 2.14. The molecular formula is C18H20IN3O2. The van der Waals surface area contributed by atoms with Crippen LogP contribution in [0.5, 0.6) is 0 Å². The summed E-state index contributed by atoms with van der Waals surface area (Å²) in [6.45, 7) is 0.828. The van der Waals surface area contributed by atoms with Gasteiger partial charge in [-0.15, -0.1) is 0 Å². The summed E-state index contributed by atoms with van der Waals surface area (Å²) in [5.41, 5.74) is 1.82. The summed E-state index contributed by atoms with van der Waals surface area (Å²) in [5.74, 6) is -0.122. The zero-order valence-corrected chi connectivity index (χ0v) is 15.6. The van der Waals surface area contributed by atoms with Gasteiger partial charge >= 0.3 is 6.03 Å². The fraction of sp³-hybridized carbons (Fsp3) is 0.222. The van der Waals surface area contributed by atoms with Gasteiger partial charge < -0.3 is 15.5 Å².